The van der Waals surface area contributed by atoms with Gasteiger partial charge in [-0.1, -0.05) is 18.2 Å². The van der Waals surface area contributed by atoms with Gasteiger partial charge in [0.25, 0.3) is 5.91 Å². The Bertz CT molecular complexity index is 1220. The molecule has 0 radical (unpaired) electrons. The van der Waals surface area contributed by atoms with Crippen LogP contribution >= 0.6 is 0 Å². The van der Waals surface area contributed by atoms with Gasteiger partial charge in [-0.05, 0) is 72.6 Å². The smallest absolute Gasteiger partial charge is 0.257 e. The minimum Gasteiger partial charge on any atom is -0.508 e. The first-order valence-electron chi connectivity index (χ1n) is 10.7. The summed E-state index contributed by atoms with van der Waals surface area (Å²) >= 11 is 0. The fourth-order valence-electron chi connectivity index (χ4n) is 3.29. The van der Waals surface area contributed by atoms with Crippen molar-refractivity contribution in [2.75, 3.05) is 11.9 Å². The zero-order chi connectivity index (χ0) is 23.8. The maximum Gasteiger partial charge on any atom is 0.257 e. The van der Waals surface area contributed by atoms with E-state index in [4.69, 9.17) is 4.74 Å². The molecule has 0 unspecified atom stereocenters. The number of amides is 1. The average molecular weight is 457 g/mol. The van der Waals surface area contributed by atoms with Gasteiger partial charge in [0.2, 0.25) is 5.88 Å². The summed E-state index contributed by atoms with van der Waals surface area (Å²) in [7, 11) is 0. The van der Waals surface area contributed by atoms with Crippen LogP contribution in [0.1, 0.15) is 15.9 Å². The molecule has 0 aliphatic heterocycles. The zero-order valence-electron chi connectivity index (χ0n) is 18.3. The lowest BCUT2D eigenvalue weighted by Crippen LogP contribution is -2.39. The van der Waals surface area contributed by atoms with Crippen molar-refractivity contribution >= 4 is 17.4 Å². The van der Waals surface area contributed by atoms with E-state index in [1.165, 1.54) is 0 Å². The molecule has 8 heteroatoms. The van der Waals surface area contributed by atoms with Crippen molar-refractivity contribution in [3.05, 3.63) is 102 Å². The van der Waals surface area contributed by atoms with Crippen LogP contribution < -0.4 is 15.4 Å². The number of aliphatic hydroxyl groups excluding tert-OH is 1. The molecule has 2 aromatic carbocycles. The number of carbonyl (C=O) groups is 1. The van der Waals surface area contributed by atoms with E-state index in [0.717, 1.165) is 17.1 Å². The number of phenolic OH excluding ortho intramolecular Hbond substituents is 1. The van der Waals surface area contributed by atoms with Crippen molar-refractivity contribution in [2.24, 2.45) is 0 Å². The van der Waals surface area contributed by atoms with Crippen LogP contribution in [0.3, 0.4) is 0 Å². The highest BCUT2D eigenvalue weighted by atomic mass is 16.5. The van der Waals surface area contributed by atoms with Crippen LogP contribution in [0.2, 0.25) is 0 Å². The molecular weight excluding hydrogens is 432 g/mol. The predicted molar refractivity (Wildman–Crippen MR) is 128 cm³/mol. The van der Waals surface area contributed by atoms with Gasteiger partial charge in [-0.2, -0.15) is 0 Å². The molecule has 0 aliphatic carbocycles. The van der Waals surface area contributed by atoms with E-state index in [1.807, 2.05) is 30.3 Å². The molecule has 4 rings (SSSR count). The number of phenols is 1. The number of aromatic nitrogens is 2. The highest BCUT2D eigenvalue weighted by Gasteiger charge is 2.18. The van der Waals surface area contributed by atoms with E-state index in [0.29, 0.717) is 12.2 Å². The summed E-state index contributed by atoms with van der Waals surface area (Å²) in [6.07, 6.45) is 3.66. The second-order valence-corrected chi connectivity index (χ2v) is 7.55. The molecule has 34 heavy (non-hydrogen) atoms. The molecule has 1 amide bonds. The lowest BCUT2D eigenvalue weighted by atomic mass is 10.1. The Morgan fingerprint density at radius 2 is 1.68 bits per heavy atom. The normalized spacial score (nSPS) is 11.4. The summed E-state index contributed by atoms with van der Waals surface area (Å²) < 4.78 is 5.88. The summed E-state index contributed by atoms with van der Waals surface area (Å²) in [6, 6.07) is 22.2. The van der Waals surface area contributed by atoms with Gasteiger partial charge in [-0.15, -0.1) is 0 Å². The maximum atomic E-state index is 12.9. The fraction of sp³-hybridized carbons (Fsp3) is 0.115. The van der Waals surface area contributed by atoms with E-state index in [9.17, 15) is 15.0 Å². The van der Waals surface area contributed by atoms with E-state index in [2.05, 4.69) is 20.6 Å². The minimum atomic E-state index is -0.512. The first-order chi connectivity index (χ1) is 16.6. The predicted octanol–water partition coefficient (Wildman–Crippen LogP) is 4.05. The van der Waals surface area contributed by atoms with Crippen LogP contribution in [0.25, 0.3) is 0 Å². The summed E-state index contributed by atoms with van der Waals surface area (Å²) in [6.45, 7) is -0.242. The topological polar surface area (TPSA) is 117 Å². The summed E-state index contributed by atoms with van der Waals surface area (Å²) in [5.41, 5.74) is 1.96. The molecule has 172 valence electrons. The number of anilines is 2. The number of carbonyl (C=O) groups excluding carboxylic acids is 1. The van der Waals surface area contributed by atoms with Gasteiger partial charge in [0.1, 0.15) is 22.9 Å². The Balaban J connectivity index is 1.42. The Morgan fingerprint density at radius 3 is 2.38 bits per heavy atom. The lowest BCUT2D eigenvalue weighted by Gasteiger charge is -2.17. The fourth-order valence-corrected chi connectivity index (χ4v) is 3.29. The molecule has 0 saturated carbocycles. The van der Waals surface area contributed by atoms with Gasteiger partial charge >= 0.3 is 0 Å². The summed E-state index contributed by atoms with van der Waals surface area (Å²) in [4.78, 5) is 21.4. The van der Waals surface area contributed by atoms with Crippen molar-refractivity contribution in [3.63, 3.8) is 0 Å². The number of aliphatic hydroxyl groups is 1. The van der Waals surface area contributed by atoms with Gasteiger partial charge in [0.15, 0.2) is 0 Å². The molecule has 2 aromatic heterocycles. The van der Waals surface area contributed by atoms with Crippen LogP contribution in [0.15, 0.2) is 91.3 Å². The maximum absolute atomic E-state index is 12.9. The highest BCUT2D eigenvalue weighted by Crippen LogP contribution is 2.25. The molecule has 1 atom stereocenters. The van der Waals surface area contributed by atoms with E-state index >= 15 is 0 Å². The van der Waals surface area contributed by atoms with Gasteiger partial charge in [-0.25, -0.2) is 9.97 Å². The molecule has 0 saturated heterocycles. The van der Waals surface area contributed by atoms with Gasteiger partial charge in [-0.3, -0.25) is 4.79 Å². The Hall–Kier alpha value is -4.43. The Labute approximate surface area is 196 Å². The quantitative estimate of drug-likeness (QED) is 0.300. The van der Waals surface area contributed by atoms with Gasteiger partial charge in [0.05, 0.1) is 12.6 Å². The number of nitrogens with zero attached hydrogens (tertiary/aromatic N) is 2. The molecule has 0 spiro atoms. The van der Waals surface area contributed by atoms with E-state index in [1.54, 1.807) is 60.9 Å². The molecule has 0 fully saturated rings. The number of benzene rings is 2. The molecule has 0 aliphatic rings. The van der Waals surface area contributed by atoms with Crippen LogP contribution in [0, 0.1) is 0 Å². The van der Waals surface area contributed by atoms with Crippen LogP contribution in [-0.2, 0) is 6.42 Å². The number of nitrogens with one attached hydrogen (secondary N) is 2. The minimum absolute atomic E-state index is 0.158. The summed E-state index contributed by atoms with van der Waals surface area (Å²) in [5.74, 6) is 1.15. The van der Waals surface area contributed by atoms with E-state index < -0.39 is 11.9 Å². The molecule has 4 aromatic rings. The monoisotopic (exact) mass is 456 g/mol. The SMILES string of the molecule is O=C(N[C@H](CO)Cc1ccc(O)cc1)c1cccnc1Oc1ccc(Nc2ccccn2)cc1. The first kappa shape index (κ1) is 22.8. The van der Waals surface area contributed by atoms with Crippen LogP contribution in [0.5, 0.6) is 17.4 Å². The first-order valence-corrected chi connectivity index (χ1v) is 10.7. The zero-order valence-corrected chi connectivity index (χ0v) is 18.3. The second kappa shape index (κ2) is 10.9. The Morgan fingerprint density at radius 1 is 0.912 bits per heavy atom. The third kappa shape index (κ3) is 6.08. The van der Waals surface area contributed by atoms with Crippen molar-refractivity contribution in [2.45, 2.75) is 12.5 Å². The van der Waals surface area contributed by atoms with Gasteiger partial charge < -0.3 is 25.6 Å². The highest BCUT2D eigenvalue weighted by molar-refractivity contribution is 5.96. The molecule has 8 nitrogen and oxygen atoms in total. The molecule has 2 heterocycles. The van der Waals surface area contributed by atoms with Crippen molar-refractivity contribution in [1.82, 2.24) is 15.3 Å². The van der Waals surface area contributed by atoms with Crippen LogP contribution in [-0.4, -0.2) is 38.7 Å². The van der Waals surface area contributed by atoms with E-state index in [-0.39, 0.29) is 23.8 Å². The van der Waals surface area contributed by atoms with Crippen LogP contribution in [0.4, 0.5) is 11.5 Å². The largest absolute Gasteiger partial charge is 0.508 e. The van der Waals surface area contributed by atoms with Crippen molar-refractivity contribution in [3.8, 4) is 17.4 Å². The number of ether oxygens (including phenoxy) is 1. The standard InChI is InChI=1S/C26H24N4O4/c31-17-20(16-18-6-10-21(32)11-7-18)30-25(33)23-4-3-15-28-26(23)34-22-12-8-19(9-13-22)29-24-5-1-2-14-27-24/h1-15,20,31-32H,16-17H2,(H,27,29)(H,30,33)/t20-/m0/s1. The second-order valence-electron chi connectivity index (χ2n) is 7.55. The Kier molecular flexibility index (Phi) is 7.32. The number of pyridine rings is 2. The number of aromatic hydroxyl groups is 1. The molecule has 4 N–H and O–H groups in total. The lowest BCUT2D eigenvalue weighted by molar-refractivity contribution is 0.0913. The molecular formula is C26H24N4O4. The summed E-state index contributed by atoms with van der Waals surface area (Å²) in [5, 5.41) is 25.2. The van der Waals surface area contributed by atoms with Crippen molar-refractivity contribution < 1.29 is 19.7 Å². The number of rotatable bonds is 9. The average Bonchev–Trinajstić information content (AvgIpc) is 2.87. The molecule has 0 bridgehead atoms. The number of hydrogen-bond acceptors (Lipinski definition) is 7. The van der Waals surface area contributed by atoms with Crippen molar-refractivity contribution in [1.29, 1.82) is 0 Å². The number of hydrogen-bond donors (Lipinski definition) is 4. The third-order valence-corrected chi connectivity index (χ3v) is 5.00. The van der Waals surface area contributed by atoms with Gasteiger partial charge in [0, 0.05) is 18.1 Å². The third-order valence-electron chi connectivity index (χ3n) is 5.00.